The second kappa shape index (κ2) is 13.1. The van der Waals surface area contributed by atoms with Crippen molar-refractivity contribution in [2.45, 2.75) is 80.9 Å². The van der Waals surface area contributed by atoms with Crippen LogP contribution in [-0.2, 0) is 14.2 Å². The highest BCUT2D eigenvalue weighted by atomic mass is 32.2. The minimum absolute atomic E-state index is 0.146. The highest BCUT2D eigenvalue weighted by Crippen LogP contribution is 2.33. The van der Waals surface area contributed by atoms with Gasteiger partial charge in [0.05, 0.1) is 18.8 Å². The maximum Gasteiger partial charge on any atom is 0.186 e. The molecule has 13 heteroatoms. The molecule has 8 N–H and O–H groups in total. The Kier molecular flexibility index (Phi) is 10.8. The summed E-state index contributed by atoms with van der Waals surface area (Å²) < 4.78 is 17.0. The molecular formula is C20H36N2O9S2. The van der Waals surface area contributed by atoms with Crippen LogP contribution in [0.5, 0.6) is 0 Å². The molecule has 0 aromatic rings. The van der Waals surface area contributed by atoms with Crippen molar-refractivity contribution >= 4 is 29.1 Å². The van der Waals surface area contributed by atoms with E-state index in [2.05, 4.69) is 10.6 Å². The number of ether oxygens (including phenoxy) is 3. The highest BCUT2D eigenvalue weighted by Gasteiger charge is 2.45. The van der Waals surface area contributed by atoms with Gasteiger partial charge in [-0.3, -0.25) is 0 Å². The van der Waals surface area contributed by atoms with Crippen LogP contribution in [0.15, 0.2) is 0 Å². The summed E-state index contributed by atoms with van der Waals surface area (Å²) in [6, 6.07) is 0. The molecule has 4 fully saturated rings. The Bertz CT molecular complexity index is 618. The maximum atomic E-state index is 10.5. The Morgan fingerprint density at radius 3 is 2.45 bits per heavy atom. The van der Waals surface area contributed by atoms with E-state index in [1.807, 2.05) is 0 Å². The smallest absolute Gasteiger partial charge is 0.186 e. The number of aliphatic hydroxyl groups is 6. The van der Waals surface area contributed by atoms with E-state index in [-0.39, 0.29) is 17.1 Å². The van der Waals surface area contributed by atoms with Gasteiger partial charge in [-0.2, -0.15) is 11.8 Å². The normalized spacial score (nSPS) is 42.0. The van der Waals surface area contributed by atoms with Crippen LogP contribution in [0.1, 0.15) is 25.7 Å². The minimum Gasteiger partial charge on any atom is -0.394 e. The first-order valence-electron chi connectivity index (χ1n) is 11.4. The molecule has 33 heavy (non-hydrogen) atoms. The minimum atomic E-state index is -1.47. The molecule has 0 aromatic carbocycles. The van der Waals surface area contributed by atoms with Crippen molar-refractivity contribution in [1.29, 1.82) is 0 Å². The van der Waals surface area contributed by atoms with Crippen LogP contribution in [0.3, 0.4) is 0 Å². The molecule has 4 saturated heterocycles. The number of nitrogens with one attached hydrogen (secondary N) is 2. The largest absolute Gasteiger partial charge is 0.394 e. The zero-order chi connectivity index (χ0) is 24.0. The summed E-state index contributed by atoms with van der Waals surface area (Å²) in [6.07, 6.45) is -5.67. The van der Waals surface area contributed by atoms with Gasteiger partial charge >= 0.3 is 0 Å². The molecule has 0 saturated carbocycles. The summed E-state index contributed by atoms with van der Waals surface area (Å²) >= 11 is 6.82. The molecule has 2 bridgehead atoms. The molecule has 0 spiro atoms. The molecule has 192 valence electrons. The number of fused-ring (bicyclic) bond motifs is 7. The summed E-state index contributed by atoms with van der Waals surface area (Å²) in [7, 11) is 0. The van der Waals surface area contributed by atoms with E-state index in [1.165, 1.54) is 0 Å². The van der Waals surface area contributed by atoms with E-state index >= 15 is 0 Å². The average molecular weight is 513 g/mol. The van der Waals surface area contributed by atoms with Crippen molar-refractivity contribution in [3.05, 3.63) is 0 Å². The van der Waals surface area contributed by atoms with E-state index in [9.17, 15) is 30.6 Å². The van der Waals surface area contributed by atoms with Gasteiger partial charge in [0.15, 0.2) is 17.6 Å². The predicted octanol–water partition coefficient (Wildman–Crippen LogP) is -2.36. The van der Waals surface area contributed by atoms with Crippen molar-refractivity contribution < 1.29 is 44.8 Å². The Hall–Kier alpha value is -0.320. The molecule has 10 atom stereocenters. The number of thioether (sulfide) groups is 1. The Balaban J connectivity index is 1.39. The topological polar surface area (TPSA) is 173 Å². The maximum absolute atomic E-state index is 10.5. The fourth-order valence-corrected chi connectivity index (χ4v) is 5.53. The third kappa shape index (κ3) is 7.10. The van der Waals surface area contributed by atoms with Crippen molar-refractivity contribution in [3.63, 3.8) is 0 Å². The molecule has 4 rings (SSSR count). The summed E-state index contributed by atoms with van der Waals surface area (Å²) in [4.78, 5) is 0. The molecule has 4 unspecified atom stereocenters. The lowest BCUT2D eigenvalue weighted by Crippen LogP contribution is -2.64. The van der Waals surface area contributed by atoms with Crippen molar-refractivity contribution in [3.8, 4) is 0 Å². The quantitative estimate of drug-likeness (QED) is 0.135. The van der Waals surface area contributed by atoms with Gasteiger partial charge < -0.3 is 55.5 Å². The molecule has 0 amide bonds. The fraction of sp³-hybridized carbons (Fsp3) is 0.950. The summed E-state index contributed by atoms with van der Waals surface area (Å²) in [5.74, 6) is 1.16. The van der Waals surface area contributed by atoms with E-state index < -0.39 is 55.7 Å². The molecule has 0 aliphatic carbocycles. The van der Waals surface area contributed by atoms with Crippen LogP contribution < -0.4 is 10.6 Å². The van der Waals surface area contributed by atoms with E-state index in [0.717, 1.165) is 25.7 Å². The van der Waals surface area contributed by atoms with Crippen LogP contribution in [0.25, 0.3) is 0 Å². The molecule has 4 aliphatic rings. The van der Waals surface area contributed by atoms with Gasteiger partial charge in [-0.1, -0.05) is 12.8 Å². The van der Waals surface area contributed by atoms with E-state index in [1.54, 1.807) is 11.8 Å². The zero-order valence-electron chi connectivity index (χ0n) is 18.4. The van der Waals surface area contributed by atoms with Crippen LogP contribution in [-0.4, -0.2) is 122 Å². The van der Waals surface area contributed by atoms with E-state index in [4.69, 9.17) is 26.4 Å². The monoisotopic (exact) mass is 512 g/mol. The van der Waals surface area contributed by atoms with Crippen molar-refractivity contribution in [1.82, 2.24) is 10.6 Å². The van der Waals surface area contributed by atoms with Gasteiger partial charge in [-0.05, 0) is 25.1 Å². The van der Waals surface area contributed by atoms with Crippen molar-refractivity contribution in [2.24, 2.45) is 5.92 Å². The lowest BCUT2D eigenvalue weighted by atomic mass is 9.85. The van der Waals surface area contributed by atoms with Gasteiger partial charge in [0.25, 0.3) is 0 Å². The molecule has 0 aromatic heterocycles. The second-order valence-corrected chi connectivity index (χ2v) is 10.2. The first kappa shape index (κ1) is 27.3. The summed E-state index contributed by atoms with van der Waals surface area (Å²) in [6.45, 7) is 0.486. The fourth-order valence-electron chi connectivity index (χ4n) is 4.34. The van der Waals surface area contributed by atoms with Gasteiger partial charge in [-0.15, -0.1) is 0 Å². The lowest BCUT2D eigenvalue weighted by Gasteiger charge is -2.43. The molecule has 11 nitrogen and oxygen atoms in total. The average Bonchev–Trinajstić information content (AvgIpc) is 2.81. The van der Waals surface area contributed by atoms with Crippen LogP contribution in [0, 0.1) is 5.92 Å². The Morgan fingerprint density at radius 2 is 1.70 bits per heavy atom. The third-order valence-electron chi connectivity index (χ3n) is 6.30. The summed E-state index contributed by atoms with van der Waals surface area (Å²) in [5.41, 5.74) is 0. The van der Waals surface area contributed by atoms with Crippen molar-refractivity contribution in [2.75, 3.05) is 31.3 Å². The predicted molar refractivity (Wildman–Crippen MR) is 123 cm³/mol. The third-order valence-corrected chi connectivity index (χ3v) is 7.62. The van der Waals surface area contributed by atoms with Crippen LogP contribution in [0.4, 0.5) is 0 Å². The zero-order valence-corrected chi connectivity index (χ0v) is 20.0. The molecule has 4 heterocycles. The number of hydrogen-bond donors (Lipinski definition) is 8. The second-order valence-electron chi connectivity index (χ2n) is 8.63. The standard InChI is InChI=1S/C20H36N2O9S2/c23-8-11-14(25)15(26)16(27)18(30-11)22-20(32)21-5-7-33-9-12-10-4-2-1-3-6-29-19(31-12)17(28)13(10)24/h10-19,23-28H,1-9H2,(H2,21,22,32)/t10?,11?,12?,13-,14-,15?,16-,17+,18+,19+/m1/s1. The van der Waals surface area contributed by atoms with Gasteiger partial charge in [0.2, 0.25) is 0 Å². The molecular weight excluding hydrogens is 476 g/mol. The Labute approximate surface area is 202 Å². The molecule has 0 radical (unpaired) electrons. The summed E-state index contributed by atoms with van der Waals surface area (Å²) in [5, 5.41) is 65.7. The van der Waals surface area contributed by atoms with Crippen LogP contribution in [0.2, 0.25) is 0 Å². The first-order valence-corrected chi connectivity index (χ1v) is 13.0. The molecule has 4 aliphatic heterocycles. The number of thiocarbonyl (C=S) groups is 1. The Morgan fingerprint density at radius 1 is 0.909 bits per heavy atom. The first-order chi connectivity index (χ1) is 15.8. The number of aliphatic hydroxyl groups excluding tert-OH is 6. The van der Waals surface area contributed by atoms with Gasteiger partial charge in [-0.25, -0.2) is 0 Å². The SMILES string of the molecule is OCC1O[C@H](NC(=S)NCCSCC2O[C@@H]3OCCCCCC2[C@@H](O)[C@@H]3O)[C@H](O)C(O)[C@@H]1O. The van der Waals surface area contributed by atoms with Gasteiger partial charge in [0, 0.05) is 30.6 Å². The van der Waals surface area contributed by atoms with Crippen LogP contribution >= 0.6 is 24.0 Å². The number of rotatable bonds is 7. The van der Waals surface area contributed by atoms with E-state index in [0.29, 0.717) is 24.7 Å². The highest BCUT2D eigenvalue weighted by molar-refractivity contribution is 7.99. The van der Waals surface area contributed by atoms with Gasteiger partial charge in [0.1, 0.15) is 30.5 Å². The lowest BCUT2D eigenvalue weighted by molar-refractivity contribution is -0.284. The number of hydrogen-bond acceptors (Lipinski definition) is 11.